The molecule has 0 saturated carbocycles. The van der Waals surface area contributed by atoms with Gasteiger partial charge in [0.25, 0.3) is 5.91 Å². The summed E-state index contributed by atoms with van der Waals surface area (Å²) in [4.78, 5) is 28.3. The molecule has 0 aliphatic carbocycles. The number of benzene rings is 3. The molecule has 0 aromatic heterocycles. The van der Waals surface area contributed by atoms with Gasteiger partial charge in [-0.25, -0.2) is 4.79 Å². The molecule has 3 aromatic rings. The molecule has 1 heterocycles. The third-order valence-electron chi connectivity index (χ3n) is 5.53. The highest BCUT2D eigenvalue weighted by Gasteiger charge is 2.32. The molecule has 8 heteroatoms. The van der Waals surface area contributed by atoms with Gasteiger partial charge >= 0.3 is 6.03 Å². The van der Waals surface area contributed by atoms with Gasteiger partial charge < -0.3 is 25.0 Å². The summed E-state index contributed by atoms with van der Waals surface area (Å²) < 4.78 is 10.5. The van der Waals surface area contributed by atoms with Crippen LogP contribution in [-0.2, 0) is 11.2 Å². The van der Waals surface area contributed by atoms with Crippen LogP contribution in [0.1, 0.15) is 17.2 Å². The van der Waals surface area contributed by atoms with E-state index in [-0.39, 0.29) is 5.91 Å². The zero-order valence-electron chi connectivity index (χ0n) is 18.3. The van der Waals surface area contributed by atoms with Crippen molar-refractivity contribution < 1.29 is 19.1 Å². The predicted molar refractivity (Wildman–Crippen MR) is 128 cm³/mol. The van der Waals surface area contributed by atoms with Gasteiger partial charge in [-0.2, -0.15) is 0 Å². The van der Waals surface area contributed by atoms with Crippen LogP contribution in [0.3, 0.4) is 0 Å². The lowest BCUT2D eigenvalue weighted by Crippen LogP contribution is -2.43. The van der Waals surface area contributed by atoms with Crippen LogP contribution in [0.15, 0.2) is 66.7 Å². The Bertz CT molecular complexity index is 1170. The summed E-state index contributed by atoms with van der Waals surface area (Å²) >= 11 is 6.21. The summed E-state index contributed by atoms with van der Waals surface area (Å²) in [6.45, 7) is 0.562. The van der Waals surface area contributed by atoms with E-state index in [1.54, 1.807) is 11.0 Å². The summed E-state index contributed by atoms with van der Waals surface area (Å²) in [6.07, 6.45) is 0.775. The van der Waals surface area contributed by atoms with Gasteiger partial charge in [-0.3, -0.25) is 4.79 Å². The lowest BCUT2D eigenvalue weighted by molar-refractivity contribution is -0.120. The van der Waals surface area contributed by atoms with Gasteiger partial charge in [-0.1, -0.05) is 60.1 Å². The Kier molecular flexibility index (Phi) is 6.70. The Morgan fingerprint density at radius 2 is 1.67 bits per heavy atom. The molecule has 170 valence electrons. The van der Waals surface area contributed by atoms with Crippen LogP contribution < -0.4 is 25.0 Å². The second-order valence-electron chi connectivity index (χ2n) is 7.50. The van der Waals surface area contributed by atoms with Crippen molar-refractivity contribution in [2.45, 2.75) is 12.5 Å². The molecule has 1 aliphatic rings. The largest absolute Gasteiger partial charge is 0.495 e. The standard InChI is InChI=1S/C25H24ClN3O4/c1-32-21-15-22(33-2)19(14-18(21)26)27-25(31)28-23(17-9-4-3-5-10-17)24(30)29-13-12-16-8-6-7-11-20(16)29/h3-11,14-15,23H,12-13H2,1-2H3,(H2,27,28,31)/t23-/m1/s1. The molecule has 3 aromatic carbocycles. The molecule has 0 radical (unpaired) electrons. The lowest BCUT2D eigenvalue weighted by atomic mass is 10.1. The minimum absolute atomic E-state index is 0.207. The number of rotatable bonds is 6. The van der Waals surface area contributed by atoms with Gasteiger partial charge in [0.15, 0.2) is 0 Å². The van der Waals surface area contributed by atoms with E-state index in [2.05, 4.69) is 10.6 Å². The number of anilines is 2. The van der Waals surface area contributed by atoms with E-state index in [0.29, 0.717) is 34.3 Å². The topological polar surface area (TPSA) is 79.9 Å². The molecule has 4 rings (SSSR count). The maximum absolute atomic E-state index is 13.6. The molecular formula is C25H24ClN3O4. The highest BCUT2D eigenvalue weighted by Crippen LogP contribution is 2.36. The van der Waals surface area contributed by atoms with Gasteiger partial charge in [0.2, 0.25) is 0 Å². The minimum atomic E-state index is -0.878. The van der Waals surface area contributed by atoms with Crippen molar-refractivity contribution in [3.8, 4) is 11.5 Å². The first-order valence-corrected chi connectivity index (χ1v) is 10.8. The lowest BCUT2D eigenvalue weighted by Gasteiger charge is -2.25. The number of fused-ring (bicyclic) bond motifs is 1. The summed E-state index contributed by atoms with van der Waals surface area (Å²) in [6, 6.07) is 18.6. The molecule has 3 amide bonds. The van der Waals surface area contributed by atoms with E-state index in [0.717, 1.165) is 17.7 Å². The van der Waals surface area contributed by atoms with Crippen LogP contribution in [0.25, 0.3) is 0 Å². The van der Waals surface area contributed by atoms with E-state index in [1.165, 1.54) is 20.3 Å². The first kappa shape index (κ1) is 22.5. The van der Waals surface area contributed by atoms with Crippen molar-refractivity contribution >= 4 is 34.9 Å². The zero-order valence-corrected chi connectivity index (χ0v) is 19.1. The monoisotopic (exact) mass is 465 g/mol. The van der Waals surface area contributed by atoms with Gasteiger partial charge in [0, 0.05) is 18.3 Å². The average molecular weight is 466 g/mol. The fraction of sp³-hybridized carbons (Fsp3) is 0.200. The summed E-state index contributed by atoms with van der Waals surface area (Å²) in [7, 11) is 2.97. The number of carbonyl (C=O) groups is 2. The Labute approximate surface area is 197 Å². The molecule has 1 atom stereocenters. The van der Waals surface area contributed by atoms with Gasteiger partial charge in [0.05, 0.1) is 24.9 Å². The highest BCUT2D eigenvalue weighted by atomic mass is 35.5. The first-order chi connectivity index (χ1) is 16.0. The normalized spacial score (nSPS) is 13.1. The van der Waals surface area contributed by atoms with E-state index in [1.807, 2.05) is 54.6 Å². The highest BCUT2D eigenvalue weighted by molar-refractivity contribution is 6.32. The average Bonchev–Trinajstić information content (AvgIpc) is 3.27. The predicted octanol–water partition coefficient (Wildman–Crippen LogP) is 4.81. The molecule has 0 saturated heterocycles. The van der Waals surface area contributed by atoms with Crippen molar-refractivity contribution in [1.29, 1.82) is 0 Å². The van der Waals surface area contributed by atoms with E-state index in [4.69, 9.17) is 21.1 Å². The number of hydrogen-bond donors (Lipinski definition) is 2. The minimum Gasteiger partial charge on any atom is -0.495 e. The van der Waals surface area contributed by atoms with E-state index in [9.17, 15) is 9.59 Å². The van der Waals surface area contributed by atoms with Crippen LogP contribution in [0.5, 0.6) is 11.5 Å². The quantitative estimate of drug-likeness (QED) is 0.547. The number of para-hydroxylation sites is 1. The molecule has 0 fully saturated rings. The maximum atomic E-state index is 13.6. The Morgan fingerprint density at radius 3 is 2.39 bits per heavy atom. The van der Waals surface area contributed by atoms with Crippen LogP contribution in [0, 0.1) is 0 Å². The van der Waals surface area contributed by atoms with Crippen LogP contribution in [0.4, 0.5) is 16.2 Å². The van der Waals surface area contributed by atoms with Crippen molar-refractivity contribution in [3.05, 3.63) is 82.9 Å². The second-order valence-corrected chi connectivity index (χ2v) is 7.90. The van der Waals surface area contributed by atoms with Gasteiger partial charge in [-0.05, 0) is 29.7 Å². The Hall–Kier alpha value is -3.71. The molecule has 1 aliphatic heterocycles. The maximum Gasteiger partial charge on any atom is 0.320 e. The number of nitrogens with one attached hydrogen (secondary N) is 2. The number of methoxy groups -OCH3 is 2. The number of nitrogens with zero attached hydrogens (tertiary/aromatic N) is 1. The van der Waals surface area contributed by atoms with Crippen molar-refractivity contribution in [2.75, 3.05) is 31.0 Å². The number of urea groups is 1. The summed E-state index contributed by atoms with van der Waals surface area (Å²) in [5, 5.41) is 5.87. The number of carbonyl (C=O) groups excluding carboxylic acids is 2. The Morgan fingerprint density at radius 1 is 0.970 bits per heavy atom. The number of hydrogen-bond acceptors (Lipinski definition) is 4. The first-order valence-electron chi connectivity index (χ1n) is 10.4. The van der Waals surface area contributed by atoms with Crippen LogP contribution >= 0.6 is 11.6 Å². The van der Waals surface area contributed by atoms with Crippen molar-refractivity contribution in [2.24, 2.45) is 0 Å². The smallest absolute Gasteiger partial charge is 0.320 e. The second kappa shape index (κ2) is 9.83. The Balaban J connectivity index is 1.59. The zero-order chi connectivity index (χ0) is 23.4. The third kappa shape index (κ3) is 4.73. The van der Waals surface area contributed by atoms with E-state index >= 15 is 0 Å². The third-order valence-corrected chi connectivity index (χ3v) is 5.83. The van der Waals surface area contributed by atoms with Crippen molar-refractivity contribution in [1.82, 2.24) is 5.32 Å². The molecule has 0 bridgehead atoms. The van der Waals surface area contributed by atoms with Gasteiger partial charge in [-0.15, -0.1) is 0 Å². The van der Waals surface area contributed by atoms with E-state index < -0.39 is 12.1 Å². The summed E-state index contributed by atoms with van der Waals surface area (Å²) in [5.74, 6) is 0.591. The molecular weight excluding hydrogens is 442 g/mol. The summed E-state index contributed by atoms with van der Waals surface area (Å²) in [5.41, 5.74) is 3.02. The fourth-order valence-electron chi connectivity index (χ4n) is 3.90. The molecule has 33 heavy (non-hydrogen) atoms. The van der Waals surface area contributed by atoms with Gasteiger partial charge in [0.1, 0.15) is 17.5 Å². The number of halogens is 1. The molecule has 0 unspecified atom stereocenters. The molecule has 0 spiro atoms. The van der Waals surface area contributed by atoms with Crippen LogP contribution in [-0.4, -0.2) is 32.7 Å². The van der Waals surface area contributed by atoms with Crippen molar-refractivity contribution in [3.63, 3.8) is 0 Å². The SMILES string of the molecule is COc1cc(OC)c(NC(=O)N[C@@H](C(=O)N2CCc3ccccc32)c2ccccc2)cc1Cl. The molecule has 7 nitrogen and oxygen atoms in total. The molecule has 2 N–H and O–H groups in total. The fourth-order valence-corrected chi connectivity index (χ4v) is 4.14. The number of amides is 3. The number of ether oxygens (including phenoxy) is 2. The van der Waals surface area contributed by atoms with Crippen LogP contribution in [0.2, 0.25) is 5.02 Å².